The molecule has 118 valence electrons. The Morgan fingerprint density at radius 1 is 1.38 bits per heavy atom. The molecule has 1 aromatic carbocycles. The minimum absolute atomic E-state index is 0.125. The van der Waals surface area contributed by atoms with Gasteiger partial charge in [-0.25, -0.2) is 17.5 Å². The van der Waals surface area contributed by atoms with Crippen LogP contribution in [0.1, 0.15) is 24.8 Å². The molecule has 1 aliphatic heterocycles. The highest BCUT2D eigenvalue weighted by Crippen LogP contribution is 2.17. The van der Waals surface area contributed by atoms with Gasteiger partial charge in [0, 0.05) is 19.7 Å². The largest absolute Gasteiger partial charge is 0.377 e. The van der Waals surface area contributed by atoms with Crippen LogP contribution in [0.4, 0.5) is 4.39 Å². The zero-order chi connectivity index (χ0) is 15.3. The van der Waals surface area contributed by atoms with Crippen molar-refractivity contribution in [1.29, 1.82) is 0 Å². The molecule has 1 saturated heterocycles. The molecule has 1 unspecified atom stereocenters. The Bertz CT molecular complexity index is 572. The fraction of sp³-hybridized carbons (Fsp3) is 0.571. The Morgan fingerprint density at radius 2 is 2.19 bits per heavy atom. The molecule has 0 spiro atoms. The number of rotatable bonds is 6. The van der Waals surface area contributed by atoms with E-state index in [1.165, 1.54) is 12.1 Å². The summed E-state index contributed by atoms with van der Waals surface area (Å²) in [7, 11) is -2.10. The quantitative estimate of drug-likeness (QED) is 0.832. The minimum atomic E-state index is -3.85. The lowest BCUT2D eigenvalue weighted by Gasteiger charge is -2.22. The molecular formula is C14H21FN2O3S. The summed E-state index contributed by atoms with van der Waals surface area (Å²) in [6, 6.07) is 4.14. The first kappa shape index (κ1) is 16.4. The van der Waals surface area contributed by atoms with Crippen molar-refractivity contribution in [2.24, 2.45) is 0 Å². The molecule has 5 nitrogen and oxygen atoms in total. The van der Waals surface area contributed by atoms with E-state index >= 15 is 0 Å². The van der Waals surface area contributed by atoms with Gasteiger partial charge in [0.25, 0.3) is 0 Å². The molecule has 0 radical (unpaired) electrons. The number of hydrogen-bond acceptors (Lipinski definition) is 4. The van der Waals surface area contributed by atoms with Crippen LogP contribution in [0.15, 0.2) is 23.1 Å². The van der Waals surface area contributed by atoms with E-state index in [-0.39, 0.29) is 17.5 Å². The van der Waals surface area contributed by atoms with Crippen molar-refractivity contribution in [3.8, 4) is 0 Å². The first-order valence-corrected chi connectivity index (χ1v) is 8.55. The fourth-order valence-electron chi connectivity index (χ4n) is 2.33. The molecule has 2 N–H and O–H groups in total. The Hall–Kier alpha value is -1.02. The molecule has 1 heterocycles. The summed E-state index contributed by atoms with van der Waals surface area (Å²) in [5, 5.41) is 2.89. The predicted octanol–water partition coefficient (Wildman–Crippen LogP) is 1.39. The topological polar surface area (TPSA) is 67.4 Å². The molecule has 0 saturated carbocycles. The molecule has 1 aliphatic rings. The number of benzene rings is 1. The summed E-state index contributed by atoms with van der Waals surface area (Å²) < 4.78 is 46.1. The third-order valence-corrected chi connectivity index (χ3v) is 4.90. The molecule has 1 aromatic rings. The van der Waals surface area contributed by atoms with Gasteiger partial charge in [-0.2, -0.15) is 0 Å². The predicted molar refractivity (Wildman–Crippen MR) is 77.9 cm³/mol. The summed E-state index contributed by atoms with van der Waals surface area (Å²) in [5.74, 6) is -0.736. The fourth-order valence-corrected chi connectivity index (χ4v) is 3.45. The van der Waals surface area contributed by atoms with Crippen molar-refractivity contribution in [2.45, 2.75) is 36.8 Å². The van der Waals surface area contributed by atoms with Crippen LogP contribution < -0.4 is 10.0 Å². The molecule has 21 heavy (non-hydrogen) atoms. The van der Waals surface area contributed by atoms with Gasteiger partial charge < -0.3 is 10.1 Å². The number of hydrogen-bond donors (Lipinski definition) is 2. The van der Waals surface area contributed by atoms with E-state index in [1.807, 2.05) is 0 Å². The SMILES string of the molecule is CNCc1ccc(S(=O)(=O)NCC2CCCCO2)c(F)c1. The second kappa shape index (κ2) is 7.31. The van der Waals surface area contributed by atoms with Crippen molar-refractivity contribution >= 4 is 10.0 Å². The lowest BCUT2D eigenvalue weighted by Crippen LogP contribution is -2.35. The van der Waals surface area contributed by atoms with Crippen LogP contribution in [0.2, 0.25) is 0 Å². The smallest absolute Gasteiger partial charge is 0.243 e. The standard InChI is InChI=1S/C14H21FN2O3S/c1-16-9-11-5-6-14(13(15)8-11)21(18,19)17-10-12-4-2-3-7-20-12/h5-6,8,12,16-17H,2-4,7,9-10H2,1H3. The average molecular weight is 316 g/mol. The van der Waals surface area contributed by atoms with Crippen LogP contribution in [-0.2, 0) is 21.3 Å². The normalized spacial score (nSPS) is 19.6. The number of halogens is 1. The van der Waals surface area contributed by atoms with Crippen LogP contribution in [0, 0.1) is 5.82 Å². The Labute approximate surface area is 124 Å². The molecule has 0 bridgehead atoms. The van der Waals surface area contributed by atoms with Crippen LogP contribution in [0.5, 0.6) is 0 Å². The zero-order valence-electron chi connectivity index (χ0n) is 12.1. The molecule has 0 aliphatic carbocycles. The van der Waals surface area contributed by atoms with Gasteiger partial charge in [0.05, 0.1) is 6.10 Å². The molecule has 7 heteroatoms. The maximum absolute atomic E-state index is 14.0. The monoisotopic (exact) mass is 316 g/mol. The summed E-state index contributed by atoms with van der Waals surface area (Å²) in [6.07, 6.45) is 2.73. The number of sulfonamides is 1. The van der Waals surface area contributed by atoms with Crippen molar-refractivity contribution < 1.29 is 17.5 Å². The van der Waals surface area contributed by atoms with E-state index in [0.717, 1.165) is 19.3 Å². The highest BCUT2D eigenvalue weighted by molar-refractivity contribution is 7.89. The van der Waals surface area contributed by atoms with E-state index < -0.39 is 15.8 Å². The zero-order valence-corrected chi connectivity index (χ0v) is 12.9. The minimum Gasteiger partial charge on any atom is -0.377 e. The van der Waals surface area contributed by atoms with Gasteiger partial charge >= 0.3 is 0 Å². The van der Waals surface area contributed by atoms with Crippen LogP contribution in [0.3, 0.4) is 0 Å². The van der Waals surface area contributed by atoms with Gasteiger partial charge in [0.2, 0.25) is 10.0 Å². The van der Waals surface area contributed by atoms with Crippen molar-refractivity contribution in [1.82, 2.24) is 10.0 Å². The van der Waals surface area contributed by atoms with Gasteiger partial charge in [-0.1, -0.05) is 6.07 Å². The van der Waals surface area contributed by atoms with Crippen molar-refractivity contribution in [3.63, 3.8) is 0 Å². The van der Waals surface area contributed by atoms with E-state index in [2.05, 4.69) is 10.0 Å². The van der Waals surface area contributed by atoms with Crippen LogP contribution in [0.25, 0.3) is 0 Å². The molecular weight excluding hydrogens is 295 g/mol. The maximum atomic E-state index is 14.0. The van der Waals surface area contributed by atoms with Gasteiger partial charge in [-0.05, 0) is 44.0 Å². The lowest BCUT2D eigenvalue weighted by molar-refractivity contribution is 0.0200. The van der Waals surface area contributed by atoms with Crippen molar-refractivity contribution in [2.75, 3.05) is 20.2 Å². The average Bonchev–Trinajstić information content (AvgIpc) is 2.46. The first-order valence-electron chi connectivity index (χ1n) is 7.07. The summed E-state index contributed by atoms with van der Waals surface area (Å²) in [4.78, 5) is -0.321. The Balaban J connectivity index is 2.04. The van der Waals surface area contributed by atoms with Gasteiger partial charge in [-0.15, -0.1) is 0 Å². The van der Waals surface area contributed by atoms with Crippen LogP contribution >= 0.6 is 0 Å². The van der Waals surface area contributed by atoms with Crippen molar-refractivity contribution in [3.05, 3.63) is 29.6 Å². The summed E-state index contributed by atoms with van der Waals surface area (Å²) in [5.41, 5.74) is 0.699. The highest BCUT2D eigenvalue weighted by Gasteiger charge is 2.22. The highest BCUT2D eigenvalue weighted by atomic mass is 32.2. The Kier molecular flexibility index (Phi) is 5.69. The number of ether oxygens (including phenoxy) is 1. The summed E-state index contributed by atoms with van der Waals surface area (Å²) >= 11 is 0. The maximum Gasteiger partial charge on any atom is 0.243 e. The van der Waals surface area contributed by atoms with E-state index in [0.29, 0.717) is 18.7 Å². The lowest BCUT2D eigenvalue weighted by atomic mass is 10.1. The molecule has 2 rings (SSSR count). The molecule has 1 fully saturated rings. The molecule has 0 amide bonds. The van der Waals surface area contributed by atoms with Crippen LogP contribution in [-0.4, -0.2) is 34.7 Å². The second-order valence-corrected chi connectivity index (χ2v) is 6.87. The third-order valence-electron chi connectivity index (χ3n) is 3.44. The van der Waals surface area contributed by atoms with E-state index in [1.54, 1.807) is 13.1 Å². The summed E-state index contributed by atoms with van der Waals surface area (Å²) in [6.45, 7) is 1.32. The van der Waals surface area contributed by atoms with E-state index in [9.17, 15) is 12.8 Å². The third kappa shape index (κ3) is 4.47. The van der Waals surface area contributed by atoms with E-state index in [4.69, 9.17) is 4.74 Å². The second-order valence-electron chi connectivity index (χ2n) is 5.14. The molecule has 0 aromatic heterocycles. The van der Waals surface area contributed by atoms with Gasteiger partial charge in [0.15, 0.2) is 0 Å². The molecule has 1 atom stereocenters. The number of nitrogens with one attached hydrogen (secondary N) is 2. The van der Waals surface area contributed by atoms with Gasteiger partial charge in [0.1, 0.15) is 10.7 Å². The Morgan fingerprint density at radius 3 is 2.81 bits per heavy atom. The first-order chi connectivity index (χ1) is 10.0. The van der Waals surface area contributed by atoms with Gasteiger partial charge in [-0.3, -0.25) is 0 Å².